The molecule has 0 aromatic carbocycles. The van der Waals surface area contributed by atoms with Gasteiger partial charge in [-0.25, -0.2) is 19.1 Å². The maximum Gasteiger partial charge on any atom is 0.425 e. The van der Waals surface area contributed by atoms with Crippen molar-refractivity contribution in [1.82, 2.24) is 14.6 Å². The van der Waals surface area contributed by atoms with Crippen LogP contribution in [0.2, 0.25) is 0 Å². The van der Waals surface area contributed by atoms with Crippen LogP contribution < -0.4 is 4.90 Å². The molecule has 2 aromatic heterocycles. The van der Waals surface area contributed by atoms with E-state index in [1.165, 1.54) is 29.0 Å². The van der Waals surface area contributed by atoms with Crippen LogP contribution in [-0.4, -0.2) is 47.6 Å². The number of halogens is 6. The fraction of sp³-hybridized carbons (Fsp3) is 0.333. The van der Waals surface area contributed by atoms with Crippen LogP contribution in [0.4, 0.5) is 15.4 Å². The third-order valence-electron chi connectivity index (χ3n) is 2.55. The fourth-order valence-electron chi connectivity index (χ4n) is 1.60. The largest absolute Gasteiger partial charge is 0.444 e. The molecule has 0 spiro atoms. The highest BCUT2D eigenvalue weighted by Gasteiger charge is 2.33. The lowest BCUT2D eigenvalue weighted by atomic mass is 10.5. The van der Waals surface area contributed by atoms with E-state index in [0.717, 1.165) is 0 Å². The molecule has 0 fully saturated rings. The first-order valence-corrected chi connectivity index (χ1v) is 8.80. The molecule has 0 N–H and O–H groups in total. The standard InChI is InChI=1S/C12H8Cl6N4O4/c13-11(14,15)5-25-9(23)22(10(24)26-6-12(16,17)18)8-2-1-7-19-3-4-21(7)20-8/h1-4H,5-6H2. The second kappa shape index (κ2) is 8.41. The zero-order valence-corrected chi connectivity index (χ0v) is 16.9. The van der Waals surface area contributed by atoms with Crippen molar-refractivity contribution >= 4 is 93.3 Å². The molecule has 26 heavy (non-hydrogen) atoms. The molecule has 0 saturated carbocycles. The lowest BCUT2D eigenvalue weighted by Crippen LogP contribution is -2.41. The Morgan fingerprint density at radius 3 is 2.04 bits per heavy atom. The Hall–Kier alpha value is -0.900. The van der Waals surface area contributed by atoms with Gasteiger partial charge in [0.1, 0.15) is 13.2 Å². The number of aromatic nitrogens is 3. The van der Waals surface area contributed by atoms with Gasteiger partial charge in [0.2, 0.25) is 7.59 Å². The number of rotatable bonds is 3. The minimum atomic E-state index is -1.88. The number of fused-ring (bicyclic) bond motifs is 1. The molecule has 0 bridgehead atoms. The second-order valence-corrected chi connectivity index (χ2v) is 9.63. The van der Waals surface area contributed by atoms with Crippen LogP contribution in [0.25, 0.3) is 5.65 Å². The Labute approximate surface area is 176 Å². The summed E-state index contributed by atoms with van der Waals surface area (Å²) in [5.41, 5.74) is 0.470. The minimum Gasteiger partial charge on any atom is -0.444 e. The summed E-state index contributed by atoms with van der Waals surface area (Å²) >= 11 is 33.2. The Morgan fingerprint density at radius 2 is 1.54 bits per heavy atom. The van der Waals surface area contributed by atoms with E-state index < -0.39 is 33.0 Å². The summed E-state index contributed by atoms with van der Waals surface area (Å²) in [6, 6.07) is 2.83. The average molecular weight is 485 g/mol. The van der Waals surface area contributed by atoms with E-state index in [-0.39, 0.29) is 5.82 Å². The number of anilines is 1. The zero-order chi connectivity index (χ0) is 19.5. The van der Waals surface area contributed by atoms with Crippen LogP contribution in [0.3, 0.4) is 0 Å². The number of hydrogen-bond acceptors (Lipinski definition) is 6. The number of carbonyl (C=O) groups excluding carboxylic acids is 2. The molecule has 0 atom stereocenters. The van der Waals surface area contributed by atoms with Crippen LogP contribution >= 0.6 is 69.6 Å². The molecule has 0 aliphatic carbocycles. The monoisotopic (exact) mass is 482 g/mol. The van der Waals surface area contributed by atoms with Crippen LogP contribution in [-0.2, 0) is 9.47 Å². The van der Waals surface area contributed by atoms with Gasteiger partial charge < -0.3 is 9.47 Å². The molecule has 0 aliphatic rings. The lowest BCUT2D eigenvalue weighted by molar-refractivity contribution is 0.136. The number of imide groups is 1. The lowest BCUT2D eigenvalue weighted by Gasteiger charge is -2.21. The Kier molecular flexibility index (Phi) is 6.92. The second-order valence-electron chi connectivity index (χ2n) is 4.60. The summed E-state index contributed by atoms with van der Waals surface area (Å²) in [6.07, 6.45) is 0.546. The van der Waals surface area contributed by atoms with E-state index in [4.69, 9.17) is 79.1 Å². The van der Waals surface area contributed by atoms with Crippen molar-refractivity contribution in [1.29, 1.82) is 0 Å². The van der Waals surface area contributed by atoms with Gasteiger partial charge in [0, 0.05) is 12.4 Å². The number of imidazole rings is 1. The third-order valence-corrected chi connectivity index (χ3v) is 3.21. The topological polar surface area (TPSA) is 86.0 Å². The third kappa shape index (κ3) is 6.37. The molecule has 2 aromatic rings. The van der Waals surface area contributed by atoms with E-state index in [2.05, 4.69) is 10.1 Å². The van der Waals surface area contributed by atoms with E-state index in [0.29, 0.717) is 10.5 Å². The number of hydrogen-bond donors (Lipinski definition) is 0. The van der Waals surface area contributed by atoms with Crippen LogP contribution in [0.5, 0.6) is 0 Å². The van der Waals surface area contributed by atoms with Gasteiger partial charge in [-0.05, 0) is 12.1 Å². The molecule has 0 aliphatic heterocycles. The van der Waals surface area contributed by atoms with E-state index in [1.807, 2.05) is 0 Å². The minimum absolute atomic E-state index is 0.154. The van der Waals surface area contributed by atoms with Gasteiger partial charge in [0.25, 0.3) is 0 Å². The molecule has 0 radical (unpaired) electrons. The van der Waals surface area contributed by atoms with Crippen molar-refractivity contribution in [2.45, 2.75) is 7.59 Å². The SMILES string of the molecule is O=C(OCC(Cl)(Cl)Cl)N(C(=O)OCC(Cl)(Cl)Cl)c1ccc2nccn2n1. The molecule has 2 heterocycles. The zero-order valence-electron chi connectivity index (χ0n) is 12.4. The molecule has 2 amide bonds. The number of ether oxygens (including phenoxy) is 2. The normalized spacial score (nSPS) is 12.1. The van der Waals surface area contributed by atoms with Crippen molar-refractivity contribution in [3.8, 4) is 0 Å². The number of alkyl halides is 6. The van der Waals surface area contributed by atoms with Gasteiger partial charge in [0.15, 0.2) is 11.5 Å². The first-order chi connectivity index (χ1) is 12.0. The molecular formula is C12H8Cl6N4O4. The highest BCUT2D eigenvalue weighted by Crippen LogP contribution is 2.28. The molecule has 8 nitrogen and oxygen atoms in total. The summed E-state index contributed by atoms with van der Waals surface area (Å²) < 4.78 is 7.14. The van der Waals surface area contributed by atoms with Crippen LogP contribution in [0.1, 0.15) is 0 Å². The Balaban J connectivity index is 2.27. The number of amides is 2. The molecule has 0 saturated heterocycles. The van der Waals surface area contributed by atoms with Crippen molar-refractivity contribution in [2.24, 2.45) is 0 Å². The van der Waals surface area contributed by atoms with Crippen molar-refractivity contribution in [2.75, 3.05) is 18.1 Å². The van der Waals surface area contributed by atoms with Crippen molar-refractivity contribution in [3.05, 3.63) is 24.5 Å². The highest BCUT2D eigenvalue weighted by atomic mass is 35.6. The number of carbonyl (C=O) groups is 2. The smallest absolute Gasteiger partial charge is 0.425 e. The Bertz CT molecular complexity index is 773. The quantitative estimate of drug-likeness (QED) is 0.594. The maximum atomic E-state index is 12.3. The van der Waals surface area contributed by atoms with Crippen LogP contribution in [0.15, 0.2) is 24.5 Å². The predicted octanol–water partition coefficient (Wildman–Crippen LogP) is 4.55. The first kappa shape index (κ1) is 21.4. The highest BCUT2D eigenvalue weighted by molar-refractivity contribution is 6.68. The molecular weight excluding hydrogens is 477 g/mol. The van der Waals surface area contributed by atoms with E-state index in [1.54, 1.807) is 0 Å². The van der Waals surface area contributed by atoms with E-state index in [9.17, 15) is 9.59 Å². The van der Waals surface area contributed by atoms with Crippen molar-refractivity contribution < 1.29 is 19.1 Å². The fourth-order valence-corrected chi connectivity index (χ4v) is 1.93. The summed E-state index contributed by atoms with van der Waals surface area (Å²) in [5, 5.41) is 4.05. The Morgan fingerprint density at radius 1 is 1.00 bits per heavy atom. The summed E-state index contributed by atoms with van der Waals surface area (Å²) in [6.45, 7) is -1.25. The van der Waals surface area contributed by atoms with Gasteiger partial charge in [-0.15, -0.1) is 5.10 Å². The van der Waals surface area contributed by atoms with E-state index >= 15 is 0 Å². The van der Waals surface area contributed by atoms with Crippen LogP contribution in [0, 0.1) is 0 Å². The molecule has 142 valence electrons. The van der Waals surface area contributed by atoms with Crippen molar-refractivity contribution in [3.63, 3.8) is 0 Å². The van der Waals surface area contributed by atoms with Gasteiger partial charge in [-0.1, -0.05) is 69.6 Å². The first-order valence-electron chi connectivity index (χ1n) is 6.54. The molecule has 2 rings (SSSR count). The summed E-state index contributed by atoms with van der Waals surface area (Å²) in [5.74, 6) is -0.154. The summed E-state index contributed by atoms with van der Waals surface area (Å²) in [4.78, 5) is 29.0. The number of nitrogens with zero attached hydrogens (tertiary/aromatic N) is 4. The molecule has 0 unspecified atom stereocenters. The predicted molar refractivity (Wildman–Crippen MR) is 98.7 cm³/mol. The van der Waals surface area contributed by atoms with Gasteiger partial charge in [0.05, 0.1) is 0 Å². The summed E-state index contributed by atoms with van der Waals surface area (Å²) in [7, 11) is 0. The van der Waals surface area contributed by atoms with Gasteiger partial charge in [-0.3, -0.25) is 0 Å². The maximum absolute atomic E-state index is 12.3. The van der Waals surface area contributed by atoms with Gasteiger partial charge in [-0.2, -0.15) is 4.90 Å². The van der Waals surface area contributed by atoms with Gasteiger partial charge >= 0.3 is 12.2 Å². The molecule has 14 heteroatoms. The average Bonchev–Trinajstić information content (AvgIpc) is 2.97.